The van der Waals surface area contributed by atoms with Crippen LogP contribution in [0.1, 0.15) is 18.3 Å². The Labute approximate surface area is 121 Å². The zero-order valence-corrected chi connectivity index (χ0v) is 12.4. The lowest BCUT2D eigenvalue weighted by Crippen LogP contribution is -2.30. The van der Waals surface area contributed by atoms with Gasteiger partial charge in [0.05, 0.1) is 6.20 Å². The summed E-state index contributed by atoms with van der Waals surface area (Å²) in [6.07, 6.45) is 1.23. The van der Waals surface area contributed by atoms with Crippen LogP contribution < -0.4 is 0 Å². The maximum atomic E-state index is 13.2. The fraction of sp³-hybridized carbons (Fsp3) is 0.308. The Hall–Kier alpha value is -1.80. The minimum atomic E-state index is -3.75. The number of hydrogen-bond acceptors (Lipinski definition) is 3. The molecular formula is C13H15F2N3O2S. The molecule has 0 saturated heterocycles. The van der Waals surface area contributed by atoms with Gasteiger partial charge >= 0.3 is 0 Å². The van der Waals surface area contributed by atoms with Gasteiger partial charge in [0.1, 0.15) is 5.82 Å². The summed E-state index contributed by atoms with van der Waals surface area (Å²) in [6, 6.07) is 3.33. The van der Waals surface area contributed by atoms with Gasteiger partial charge in [0.25, 0.3) is 10.0 Å². The molecule has 114 valence electrons. The number of nitrogens with zero attached hydrogens (tertiary/aromatic N) is 2. The molecule has 2 aromatic rings. The number of aromatic nitrogens is 2. The number of aromatic amines is 1. The van der Waals surface area contributed by atoms with Gasteiger partial charge in [-0.15, -0.1) is 0 Å². The van der Waals surface area contributed by atoms with Crippen LogP contribution in [0.25, 0.3) is 0 Å². The first-order valence-corrected chi connectivity index (χ1v) is 7.74. The highest BCUT2D eigenvalue weighted by molar-refractivity contribution is 7.89. The predicted molar refractivity (Wildman–Crippen MR) is 73.0 cm³/mol. The number of benzene rings is 1. The van der Waals surface area contributed by atoms with Crippen LogP contribution in [0.5, 0.6) is 0 Å². The van der Waals surface area contributed by atoms with Gasteiger partial charge in [-0.05, 0) is 24.6 Å². The summed E-state index contributed by atoms with van der Waals surface area (Å²) in [7, 11) is -3.75. The van der Waals surface area contributed by atoms with Gasteiger partial charge in [0, 0.05) is 13.1 Å². The van der Waals surface area contributed by atoms with E-state index in [1.165, 1.54) is 12.3 Å². The molecule has 0 amide bonds. The van der Waals surface area contributed by atoms with Crippen molar-refractivity contribution in [2.24, 2.45) is 0 Å². The number of halogens is 2. The Balaban J connectivity index is 2.29. The third kappa shape index (κ3) is 3.27. The molecule has 8 heteroatoms. The minimum Gasteiger partial charge on any atom is -0.332 e. The molecule has 21 heavy (non-hydrogen) atoms. The van der Waals surface area contributed by atoms with Crippen molar-refractivity contribution in [2.75, 3.05) is 6.54 Å². The second kappa shape index (κ2) is 5.90. The number of nitrogens with one attached hydrogen (secondary N) is 1. The van der Waals surface area contributed by atoms with Crippen LogP contribution in [-0.2, 0) is 16.6 Å². The molecular weight excluding hydrogens is 300 g/mol. The summed E-state index contributed by atoms with van der Waals surface area (Å²) in [4.78, 5) is 6.52. The highest BCUT2D eigenvalue weighted by Gasteiger charge is 2.25. The van der Waals surface area contributed by atoms with Crippen LogP contribution in [0.3, 0.4) is 0 Å². The van der Waals surface area contributed by atoms with Crippen molar-refractivity contribution in [3.8, 4) is 0 Å². The normalized spacial score (nSPS) is 12.0. The third-order valence-electron chi connectivity index (χ3n) is 2.99. The van der Waals surface area contributed by atoms with E-state index in [0.29, 0.717) is 11.4 Å². The molecule has 0 spiro atoms. The molecule has 0 atom stereocenters. The fourth-order valence-corrected chi connectivity index (χ4v) is 3.28. The number of H-pyrrole nitrogens is 1. The van der Waals surface area contributed by atoms with Crippen molar-refractivity contribution >= 4 is 10.0 Å². The fourth-order valence-electron chi connectivity index (χ4n) is 1.88. The predicted octanol–water partition coefficient (Wildman–Crippen LogP) is 2.21. The maximum absolute atomic E-state index is 13.2. The van der Waals surface area contributed by atoms with Crippen molar-refractivity contribution in [3.05, 3.63) is 47.4 Å². The summed E-state index contributed by atoms with van der Waals surface area (Å²) in [5.74, 6) is -1.48. The second-order valence-corrected chi connectivity index (χ2v) is 6.42. The summed E-state index contributed by atoms with van der Waals surface area (Å²) < 4.78 is 52.1. The average molecular weight is 315 g/mol. The van der Waals surface area contributed by atoms with Crippen LogP contribution >= 0.6 is 0 Å². The molecule has 0 aliphatic carbocycles. The summed E-state index contributed by atoms with van der Waals surface area (Å²) >= 11 is 0. The monoisotopic (exact) mass is 315 g/mol. The molecule has 0 aliphatic rings. The van der Waals surface area contributed by atoms with Gasteiger partial charge in [-0.1, -0.05) is 13.0 Å². The number of rotatable bonds is 5. The number of imidazole rings is 1. The van der Waals surface area contributed by atoms with Crippen LogP contribution in [0, 0.1) is 18.6 Å². The molecule has 1 aromatic heterocycles. The van der Waals surface area contributed by atoms with Gasteiger partial charge in [-0.25, -0.2) is 22.2 Å². The molecule has 2 rings (SSSR count). The molecule has 0 saturated carbocycles. The van der Waals surface area contributed by atoms with Gasteiger partial charge in [0.15, 0.2) is 16.7 Å². The quantitative estimate of drug-likeness (QED) is 0.920. The van der Waals surface area contributed by atoms with E-state index < -0.39 is 21.7 Å². The Morgan fingerprint density at radius 3 is 2.52 bits per heavy atom. The molecule has 5 nitrogen and oxygen atoms in total. The number of hydrogen-bond donors (Lipinski definition) is 1. The van der Waals surface area contributed by atoms with Crippen LogP contribution in [0.2, 0.25) is 0 Å². The Kier molecular flexibility index (Phi) is 4.38. The molecule has 0 aliphatic heterocycles. The van der Waals surface area contributed by atoms with Crippen molar-refractivity contribution in [2.45, 2.75) is 25.4 Å². The summed E-state index contributed by atoms with van der Waals surface area (Å²) in [5, 5.41) is -0.0237. The number of aryl methyl sites for hydroxylation is 1. The van der Waals surface area contributed by atoms with E-state index in [1.807, 2.05) is 0 Å². The largest absolute Gasteiger partial charge is 0.332 e. The van der Waals surface area contributed by atoms with E-state index in [0.717, 1.165) is 16.4 Å². The smallest absolute Gasteiger partial charge is 0.260 e. The zero-order chi connectivity index (χ0) is 15.6. The number of sulfonamides is 1. The molecule has 0 bridgehead atoms. The van der Waals surface area contributed by atoms with E-state index in [-0.39, 0.29) is 18.1 Å². The Morgan fingerprint density at radius 1 is 1.29 bits per heavy atom. The van der Waals surface area contributed by atoms with Crippen molar-refractivity contribution in [3.63, 3.8) is 0 Å². The van der Waals surface area contributed by atoms with Crippen molar-refractivity contribution in [1.29, 1.82) is 0 Å². The molecule has 1 N–H and O–H groups in total. The SMILES string of the molecule is CCN(Cc1ccc(F)c(F)c1)S(=O)(=O)c1cnc(C)[nH]1. The summed E-state index contributed by atoms with van der Waals surface area (Å²) in [5.41, 5.74) is 0.371. The Bertz CT molecular complexity index is 744. The van der Waals surface area contributed by atoms with Crippen molar-refractivity contribution < 1.29 is 17.2 Å². The lowest BCUT2D eigenvalue weighted by Gasteiger charge is -2.19. The first kappa shape index (κ1) is 15.6. The maximum Gasteiger partial charge on any atom is 0.260 e. The highest BCUT2D eigenvalue weighted by Crippen LogP contribution is 2.18. The first-order valence-electron chi connectivity index (χ1n) is 6.30. The van der Waals surface area contributed by atoms with E-state index in [2.05, 4.69) is 9.97 Å². The lowest BCUT2D eigenvalue weighted by molar-refractivity contribution is 0.419. The molecule has 0 radical (unpaired) electrons. The van der Waals surface area contributed by atoms with Gasteiger partial charge in [0.2, 0.25) is 0 Å². The zero-order valence-electron chi connectivity index (χ0n) is 11.6. The lowest BCUT2D eigenvalue weighted by atomic mass is 10.2. The van der Waals surface area contributed by atoms with Crippen LogP contribution in [0.15, 0.2) is 29.4 Å². The van der Waals surface area contributed by atoms with E-state index in [4.69, 9.17) is 0 Å². The van der Waals surface area contributed by atoms with Crippen LogP contribution in [-0.4, -0.2) is 29.2 Å². The standard InChI is InChI=1S/C13H15F2N3O2S/c1-3-18(8-10-4-5-11(14)12(15)6-10)21(19,20)13-7-16-9(2)17-13/h4-7H,3,8H2,1-2H3,(H,16,17). The molecule has 1 aromatic carbocycles. The van der Waals surface area contributed by atoms with Crippen molar-refractivity contribution in [1.82, 2.24) is 14.3 Å². The van der Waals surface area contributed by atoms with E-state index in [1.54, 1.807) is 13.8 Å². The average Bonchev–Trinajstić information content (AvgIpc) is 2.87. The van der Waals surface area contributed by atoms with E-state index in [9.17, 15) is 17.2 Å². The Morgan fingerprint density at radius 2 is 2.00 bits per heavy atom. The topological polar surface area (TPSA) is 66.1 Å². The summed E-state index contributed by atoms with van der Waals surface area (Å²) in [6.45, 7) is 3.46. The molecule has 0 unspecified atom stereocenters. The van der Waals surface area contributed by atoms with Gasteiger partial charge in [-0.3, -0.25) is 0 Å². The van der Waals surface area contributed by atoms with E-state index >= 15 is 0 Å². The molecule has 0 fully saturated rings. The van der Waals surface area contributed by atoms with Gasteiger partial charge in [-0.2, -0.15) is 4.31 Å². The second-order valence-electron chi connectivity index (χ2n) is 4.51. The third-order valence-corrected chi connectivity index (χ3v) is 4.82. The first-order chi connectivity index (χ1) is 9.84. The molecule has 1 heterocycles. The minimum absolute atomic E-state index is 0.0237. The van der Waals surface area contributed by atoms with Gasteiger partial charge < -0.3 is 4.98 Å². The van der Waals surface area contributed by atoms with Crippen LogP contribution in [0.4, 0.5) is 8.78 Å². The highest BCUT2D eigenvalue weighted by atomic mass is 32.2.